The number of ether oxygens (including phenoxy) is 2. The summed E-state index contributed by atoms with van der Waals surface area (Å²) in [7, 11) is -2.36. The highest BCUT2D eigenvalue weighted by Crippen LogP contribution is 2.26. The van der Waals surface area contributed by atoms with Gasteiger partial charge in [-0.1, -0.05) is 0 Å². The maximum atomic E-state index is 12.1. The van der Waals surface area contributed by atoms with E-state index in [1.165, 1.54) is 13.0 Å². The monoisotopic (exact) mass is 419 g/mol. The van der Waals surface area contributed by atoms with Crippen molar-refractivity contribution in [2.75, 3.05) is 7.11 Å². The standard InChI is InChI=1S/C14H14BrNO5S2/c1-9(21-11-5-3-10(20-2)4-6-11)14(17)16-23(18,19)13-8-7-12(15)22-13/h3-9H,1-2H3,(H,16,17)/t9-/m0/s1. The smallest absolute Gasteiger partial charge is 0.274 e. The molecule has 23 heavy (non-hydrogen) atoms. The fourth-order valence-electron chi connectivity index (χ4n) is 1.62. The fraction of sp³-hybridized carbons (Fsp3) is 0.214. The van der Waals surface area contributed by atoms with Crippen molar-refractivity contribution in [2.45, 2.75) is 17.2 Å². The second-order valence-electron chi connectivity index (χ2n) is 4.46. The van der Waals surface area contributed by atoms with Gasteiger partial charge in [-0.3, -0.25) is 4.79 Å². The minimum Gasteiger partial charge on any atom is -0.497 e. The molecule has 0 fully saturated rings. The van der Waals surface area contributed by atoms with Crippen LogP contribution in [0.2, 0.25) is 0 Å². The molecule has 2 aromatic rings. The number of nitrogens with one attached hydrogen (secondary N) is 1. The number of sulfonamides is 1. The SMILES string of the molecule is COc1ccc(O[C@@H](C)C(=O)NS(=O)(=O)c2ccc(Br)s2)cc1. The molecule has 2 rings (SSSR count). The maximum absolute atomic E-state index is 12.1. The summed E-state index contributed by atoms with van der Waals surface area (Å²) in [5.74, 6) is 0.343. The van der Waals surface area contributed by atoms with Crippen LogP contribution in [0.15, 0.2) is 44.4 Å². The van der Waals surface area contributed by atoms with Gasteiger partial charge in [0.1, 0.15) is 15.7 Å². The zero-order valence-electron chi connectivity index (χ0n) is 12.3. The number of carbonyl (C=O) groups excluding carboxylic acids is 1. The Morgan fingerprint density at radius 1 is 1.17 bits per heavy atom. The maximum Gasteiger partial charge on any atom is 0.274 e. The molecule has 0 saturated carbocycles. The summed E-state index contributed by atoms with van der Waals surface area (Å²) >= 11 is 4.20. The van der Waals surface area contributed by atoms with Crippen LogP contribution in [0.1, 0.15) is 6.92 Å². The van der Waals surface area contributed by atoms with Gasteiger partial charge in [-0.15, -0.1) is 11.3 Å². The Morgan fingerprint density at radius 2 is 1.78 bits per heavy atom. The van der Waals surface area contributed by atoms with E-state index in [4.69, 9.17) is 9.47 Å². The number of hydrogen-bond donors (Lipinski definition) is 1. The van der Waals surface area contributed by atoms with Crippen LogP contribution in [0.5, 0.6) is 11.5 Å². The molecule has 0 radical (unpaired) electrons. The van der Waals surface area contributed by atoms with Gasteiger partial charge in [0.05, 0.1) is 10.9 Å². The van der Waals surface area contributed by atoms with Gasteiger partial charge in [-0.2, -0.15) is 0 Å². The minimum atomic E-state index is -3.90. The van der Waals surface area contributed by atoms with Crippen molar-refractivity contribution in [1.82, 2.24) is 4.72 Å². The Hall–Kier alpha value is -1.58. The van der Waals surface area contributed by atoms with E-state index in [-0.39, 0.29) is 4.21 Å². The summed E-state index contributed by atoms with van der Waals surface area (Å²) in [5, 5.41) is 0. The fourth-order valence-corrected chi connectivity index (χ4v) is 4.67. The predicted molar refractivity (Wildman–Crippen MR) is 90.4 cm³/mol. The zero-order valence-corrected chi connectivity index (χ0v) is 15.5. The van der Waals surface area contributed by atoms with E-state index >= 15 is 0 Å². The first-order valence-corrected chi connectivity index (χ1v) is 9.54. The minimum absolute atomic E-state index is 0.0503. The Labute approximate surface area is 146 Å². The second-order valence-corrected chi connectivity index (χ2v) is 8.84. The molecule has 124 valence electrons. The molecule has 0 spiro atoms. The van der Waals surface area contributed by atoms with Crippen LogP contribution < -0.4 is 14.2 Å². The van der Waals surface area contributed by atoms with Crippen LogP contribution in [0.25, 0.3) is 0 Å². The molecule has 9 heteroatoms. The molecule has 1 amide bonds. The van der Waals surface area contributed by atoms with Crippen molar-refractivity contribution >= 4 is 43.2 Å². The molecule has 0 aliphatic rings. The van der Waals surface area contributed by atoms with Crippen molar-refractivity contribution in [3.05, 3.63) is 40.2 Å². The van der Waals surface area contributed by atoms with Crippen molar-refractivity contribution in [3.63, 3.8) is 0 Å². The summed E-state index contributed by atoms with van der Waals surface area (Å²) < 4.78 is 37.3. The summed E-state index contributed by atoms with van der Waals surface area (Å²) in [5.41, 5.74) is 0. The van der Waals surface area contributed by atoms with Gasteiger partial charge in [0.25, 0.3) is 15.9 Å². The first-order chi connectivity index (χ1) is 10.8. The Morgan fingerprint density at radius 3 is 2.30 bits per heavy atom. The lowest BCUT2D eigenvalue weighted by Crippen LogP contribution is -2.39. The van der Waals surface area contributed by atoms with Gasteiger partial charge >= 0.3 is 0 Å². The van der Waals surface area contributed by atoms with Gasteiger partial charge in [-0.25, -0.2) is 13.1 Å². The molecule has 0 saturated heterocycles. The molecule has 0 aliphatic heterocycles. The van der Waals surface area contributed by atoms with Crippen LogP contribution in [0.4, 0.5) is 0 Å². The first-order valence-electron chi connectivity index (χ1n) is 6.44. The largest absolute Gasteiger partial charge is 0.497 e. The van der Waals surface area contributed by atoms with Crippen LogP contribution in [0.3, 0.4) is 0 Å². The first kappa shape index (κ1) is 17.8. The summed E-state index contributed by atoms with van der Waals surface area (Å²) in [6, 6.07) is 9.64. The van der Waals surface area contributed by atoms with Gasteiger partial charge < -0.3 is 9.47 Å². The van der Waals surface area contributed by atoms with E-state index in [9.17, 15) is 13.2 Å². The van der Waals surface area contributed by atoms with E-state index in [1.807, 2.05) is 4.72 Å². The van der Waals surface area contributed by atoms with Crippen LogP contribution in [-0.2, 0) is 14.8 Å². The molecule has 1 heterocycles. The number of halogens is 1. The van der Waals surface area contributed by atoms with Crippen molar-refractivity contribution in [2.24, 2.45) is 0 Å². The van der Waals surface area contributed by atoms with E-state index in [2.05, 4.69) is 15.9 Å². The lowest BCUT2D eigenvalue weighted by Gasteiger charge is -2.14. The van der Waals surface area contributed by atoms with Gasteiger partial charge in [0, 0.05) is 0 Å². The van der Waals surface area contributed by atoms with E-state index in [1.54, 1.807) is 37.4 Å². The number of rotatable bonds is 6. The van der Waals surface area contributed by atoms with Gasteiger partial charge in [-0.05, 0) is 59.3 Å². The topological polar surface area (TPSA) is 81.7 Å². The number of thiophene rings is 1. The highest BCUT2D eigenvalue weighted by Gasteiger charge is 2.24. The number of amides is 1. The molecule has 0 aliphatic carbocycles. The molecule has 0 unspecified atom stereocenters. The number of methoxy groups -OCH3 is 1. The van der Waals surface area contributed by atoms with Gasteiger partial charge in [0.15, 0.2) is 6.10 Å². The summed E-state index contributed by atoms with van der Waals surface area (Å²) in [4.78, 5) is 12.0. The van der Waals surface area contributed by atoms with Crippen molar-refractivity contribution in [3.8, 4) is 11.5 Å². The quantitative estimate of drug-likeness (QED) is 0.778. The third-order valence-corrected chi connectivity index (χ3v) is 6.25. The highest BCUT2D eigenvalue weighted by atomic mass is 79.9. The summed E-state index contributed by atoms with van der Waals surface area (Å²) in [6.45, 7) is 1.47. The second kappa shape index (κ2) is 7.33. The average molecular weight is 420 g/mol. The third-order valence-electron chi connectivity index (χ3n) is 2.79. The Balaban J connectivity index is 2.01. The molecule has 1 aromatic carbocycles. The lowest BCUT2D eigenvalue weighted by atomic mass is 10.3. The number of carbonyl (C=O) groups is 1. The van der Waals surface area contributed by atoms with Crippen LogP contribution in [0, 0.1) is 0 Å². The summed E-state index contributed by atoms with van der Waals surface area (Å²) in [6.07, 6.45) is -0.971. The predicted octanol–water partition coefficient (Wildman–Crippen LogP) is 2.79. The van der Waals surface area contributed by atoms with E-state index < -0.39 is 22.0 Å². The Bertz CT molecular complexity index is 786. The molecule has 1 N–H and O–H groups in total. The van der Waals surface area contributed by atoms with Crippen LogP contribution in [-0.4, -0.2) is 27.5 Å². The molecule has 1 aromatic heterocycles. The highest BCUT2D eigenvalue weighted by molar-refractivity contribution is 9.11. The third kappa shape index (κ3) is 4.69. The van der Waals surface area contributed by atoms with Crippen LogP contribution >= 0.6 is 27.3 Å². The normalized spacial score (nSPS) is 12.5. The van der Waals surface area contributed by atoms with Crippen molar-refractivity contribution in [1.29, 1.82) is 0 Å². The Kier molecular flexibility index (Phi) is 5.66. The van der Waals surface area contributed by atoms with Gasteiger partial charge in [0.2, 0.25) is 0 Å². The number of hydrogen-bond acceptors (Lipinski definition) is 6. The lowest BCUT2D eigenvalue weighted by molar-refractivity contribution is -0.125. The zero-order chi connectivity index (χ0) is 17.0. The van der Waals surface area contributed by atoms with E-state index in [0.29, 0.717) is 15.3 Å². The molecule has 1 atom stereocenters. The average Bonchev–Trinajstić information content (AvgIpc) is 2.95. The van der Waals surface area contributed by atoms with E-state index in [0.717, 1.165) is 11.3 Å². The molecular weight excluding hydrogens is 406 g/mol. The number of benzene rings is 1. The molecule has 6 nitrogen and oxygen atoms in total. The van der Waals surface area contributed by atoms with Crippen molar-refractivity contribution < 1.29 is 22.7 Å². The molecule has 0 bridgehead atoms. The molecular formula is C14H14BrNO5S2.